The number of aryl methyl sites for hydroxylation is 1. The highest BCUT2D eigenvalue weighted by Gasteiger charge is 2.40. The van der Waals surface area contributed by atoms with Crippen molar-refractivity contribution in [3.8, 4) is 5.75 Å². The fourth-order valence-electron chi connectivity index (χ4n) is 11.3. The third kappa shape index (κ3) is 12.3. The quantitative estimate of drug-likeness (QED) is 0.0500. The van der Waals surface area contributed by atoms with Crippen LogP contribution in [0.3, 0.4) is 0 Å². The van der Waals surface area contributed by atoms with Crippen molar-refractivity contribution in [2.45, 2.75) is 141 Å². The minimum Gasteiger partial charge on any atom is -0.494 e. The molecule has 2 unspecified atom stereocenters. The molecular formula is C56H71N11O7S. The third-order valence-electron chi connectivity index (χ3n) is 15.7. The van der Waals surface area contributed by atoms with E-state index in [4.69, 9.17) is 14.7 Å². The lowest BCUT2D eigenvalue weighted by Gasteiger charge is -2.36. The lowest BCUT2D eigenvalue weighted by molar-refractivity contribution is -0.139. The number of rotatable bonds is 20. The molecule has 1 aromatic carbocycles. The predicted octanol–water partition coefficient (Wildman–Crippen LogP) is 7.87. The highest BCUT2D eigenvalue weighted by atomic mass is 32.1. The molecule has 18 nitrogen and oxygen atoms in total. The van der Waals surface area contributed by atoms with Crippen LogP contribution in [0.1, 0.15) is 159 Å². The molecule has 0 spiro atoms. The lowest BCUT2D eigenvalue weighted by Crippen LogP contribution is -2.55. The first-order chi connectivity index (χ1) is 36.4. The summed E-state index contributed by atoms with van der Waals surface area (Å²) in [6.07, 6.45) is 16.7. The summed E-state index contributed by atoms with van der Waals surface area (Å²) in [6, 6.07) is 9.74. The number of piperazine rings is 1. The summed E-state index contributed by atoms with van der Waals surface area (Å²) in [5.41, 5.74) is 2.79. The fraction of sp³-hybridized carbons (Fsp3) is 0.536. The molecule has 3 amide bonds. The number of benzene rings is 1. The second-order valence-electron chi connectivity index (χ2n) is 20.7. The minimum absolute atomic E-state index is 0.0104. The van der Waals surface area contributed by atoms with Crippen molar-refractivity contribution in [1.82, 2.24) is 44.9 Å². The van der Waals surface area contributed by atoms with Crippen molar-refractivity contribution >= 4 is 69.1 Å². The number of carbonyl (C=O) groups excluding carboxylic acids is 5. The van der Waals surface area contributed by atoms with Gasteiger partial charge in [0.1, 0.15) is 34.0 Å². The molecule has 4 fully saturated rings. The van der Waals surface area contributed by atoms with E-state index in [1.165, 1.54) is 18.3 Å². The van der Waals surface area contributed by atoms with E-state index in [0.29, 0.717) is 91.1 Å². The Labute approximate surface area is 442 Å². The van der Waals surface area contributed by atoms with Crippen LogP contribution < -0.4 is 31.1 Å². The second-order valence-corrected chi connectivity index (χ2v) is 21.6. The van der Waals surface area contributed by atoms with Crippen molar-refractivity contribution in [3.05, 3.63) is 91.9 Å². The summed E-state index contributed by atoms with van der Waals surface area (Å²) in [7, 11) is 1.74. The Bertz CT molecular complexity index is 2920. The van der Waals surface area contributed by atoms with Gasteiger partial charge in [-0.25, -0.2) is 15.0 Å². The highest BCUT2D eigenvalue weighted by molar-refractivity contribution is 7.10. The molecule has 2 aliphatic carbocycles. The Kier molecular flexibility index (Phi) is 17.3. The molecule has 3 N–H and O–H groups in total. The first kappa shape index (κ1) is 53.2. The molecule has 19 heteroatoms. The van der Waals surface area contributed by atoms with Crippen LogP contribution in [0.5, 0.6) is 5.75 Å². The second kappa shape index (κ2) is 24.4. The van der Waals surface area contributed by atoms with E-state index in [2.05, 4.69) is 30.8 Å². The molecule has 6 heterocycles. The van der Waals surface area contributed by atoms with Gasteiger partial charge in [0, 0.05) is 67.7 Å². The van der Waals surface area contributed by atoms with Gasteiger partial charge in [0.15, 0.2) is 5.78 Å². The maximum atomic E-state index is 14.2. The Morgan fingerprint density at radius 2 is 1.63 bits per heavy atom. The Balaban J connectivity index is 0.703. The number of ketones is 2. The van der Waals surface area contributed by atoms with Gasteiger partial charge in [0.05, 0.1) is 36.1 Å². The average Bonchev–Trinajstić information content (AvgIpc) is 4.26. The number of hydrogen-bond acceptors (Lipinski definition) is 15. The van der Waals surface area contributed by atoms with Crippen molar-refractivity contribution in [1.29, 1.82) is 0 Å². The van der Waals surface area contributed by atoms with E-state index in [9.17, 15) is 28.8 Å². The van der Waals surface area contributed by atoms with Gasteiger partial charge in [-0.15, -0.1) is 11.3 Å². The van der Waals surface area contributed by atoms with Gasteiger partial charge >= 0.3 is 0 Å². The molecule has 2 saturated heterocycles. The van der Waals surface area contributed by atoms with Crippen LogP contribution >= 0.6 is 11.3 Å². The van der Waals surface area contributed by atoms with Crippen molar-refractivity contribution < 1.29 is 28.7 Å². The first-order valence-electron chi connectivity index (χ1n) is 27.1. The largest absolute Gasteiger partial charge is 0.494 e. The fourth-order valence-corrected chi connectivity index (χ4v) is 12.3. The monoisotopic (exact) mass is 1040 g/mol. The number of hydrogen-bond donors (Lipinski definition) is 3. The third-order valence-corrected chi connectivity index (χ3v) is 16.7. The number of aromatic nitrogens is 5. The van der Waals surface area contributed by atoms with Gasteiger partial charge in [0.2, 0.25) is 29.5 Å². The van der Waals surface area contributed by atoms with Gasteiger partial charge in [-0.2, -0.15) is 4.98 Å². The summed E-state index contributed by atoms with van der Waals surface area (Å²) in [6.45, 7) is 8.66. The zero-order valence-electron chi connectivity index (χ0n) is 43.8. The molecule has 0 radical (unpaired) electrons. The number of carbonyl (C=O) groups is 5. The Hall–Kier alpha value is -6.60. The number of thiazole rings is 1. The number of amides is 3. The summed E-state index contributed by atoms with van der Waals surface area (Å²) in [5, 5.41) is 12.5. The number of nitrogens with zero attached hydrogens (tertiary/aromatic N) is 8. The van der Waals surface area contributed by atoms with Crippen LogP contribution in [-0.2, 0) is 14.4 Å². The van der Waals surface area contributed by atoms with E-state index in [0.717, 1.165) is 101 Å². The summed E-state index contributed by atoms with van der Waals surface area (Å²) in [4.78, 5) is 105. The van der Waals surface area contributed by atoms with Crippen LogP contribution in [0, 0.1) is 12.8 Å². The zero-order chi connectivity index (χ0) is 52.6. The maximum absolute atomic E-state index is 14.2. The highest BCUT2D eigenvalue weighted by Crippen LogP contribution is 2.37. The van der Waals surface area contributed by atoms with Gasteiger partial charge in [-0.3, -0.25) is 33.3 Å². The number of likely N-dealkylation sites (N-methyl/N-ethyl adjacent to an activating group) is 1. The number of ether oxygens (including phenoxy) is 1. The van der Waals surface area contributed by atoms with E-state index >= 15 is 0 Å². The molecule has 2 saturated carbocycles. The smallest absolute Gasteiger partial charge is 0.263 e. The number of pyridine rings is 2. The number of Topliss-reactive ketones (excluding diaryl/α,β-unsaturated/α-hetero) is 1. The van der Waals surface area contributed by atoms with E-state index in [1.807, 2.05) is 28.0 Å². The molecule has 4 aliphatic rings. The van der Waals surface area contributed by atoms with Crippen molar-refractivity contribution in [2.24, 2.45) is 5.92 Å². The van der Waals surface area contributed by atoms with Crippen molar-refractivity contribution in [2.75, 3.05) is 56.6 Å². The van der Waals surface area contributed by atoms with Gasteiger partial charge in [-0.1, -0.05) is 44.2 Å². The minimum atomic E-state index is -0.585. The van der Waals surface area contributed by atoms with Crippen LogP contribution in [0.25, 0.3) is 11.0 Å². The number of fused-ring (bicyclic) bond motifs is 1. The molecule has 9 rings (SSSR count). The van der Waals surface area contributed by atoms with E-state index in [1.54, 1.807) is 61.4 Å². The molecule has 3 atom stereocenters. The standard InChI is InChI=1S/C56H71N11O7S/c1-35-43-33-59-56(63-51(43)67(40-18-10-11-19-40)54(72)48(35)37(3)68)61-46-24-23-41(32-58-46)64-26-28-65(29-27-64)47(69)22-9-6-12-30-74-42-20-13-17-39(31-42)50(70)44-34-75-53(60-44)45-21-14-25-66(45)55(73)49(38-15-7-5-8-16-38)62-52(71)36(2)57-4/h13,17,20,23-24,31-34,36,38,40,45,49,57H,5-12,14-16,18-19,21-22,25-30H2,1-4H3,(H,62,71)(H,58,59,61,63)/t36?,45?,49-/m0/s1. The molecule has 0 bridgehead atoms. The van der Waals surface area contributed by atoms with E-state index in [-0.39, 0.29) is 58.4 Å². The summed E-state index contributed by atoms with van der Waals surface area (Å²) < 4.78 is 7.77. The van der Waals surface area contributed by atoms with Crippen LogP contribution in [0.2, 0.25) is 0 Å². The SMILES string of the molecule is CNC(C)C(=O)N[C@H](C(=O)N1CCCC1c1nc(C(=O)c2cccc(OCCCCCC(=O)N3CCN(c4ccc(Nc5ncc6c(C)c(C(C)=O)c(=O)n(C7CCCC7)c6n5)nc4)CC3)c2)cs1)C1CCCCC1. The Morgan fingerprint density at radius 1 is 0.853 bits per heavy atom. The molecule has 4 aromatic heterocycles. The molecule has 5 aromatic rings. The number of likely N-dealkylation sites (tertiary alicyclic amines) is 1. The van der Waals surface area contributed by atoms with Crippen LogP contribution in [0.4, 0.5) is 17.5 Å². The number of anilines is 3. The summed E-state index contributed by atoms with van der Waals surface area (Å²) >= 11 is 1.40. The zero-order valence-corrected chi connectivity index (χ0v) is 44.6. The van der Waals surface area contributed by atoms with Crippen LogP contribution in [0.15, 0.2) is 59.0 Å². The predicted molar refractivity (Wildman–Crippen MR) is 289 cm³/mol. The molecular weight excluding hydrogens is 971 g/mol. The van der Waals surface area contributed by atoms with Gasteiger partial charge in [-0.05, 0) is 121 Å². The normalized spacial score (nSPS) is 18.3. The van der Waals surface area contributed by atoms with Crippen LogP contribution in [-0.4, -0.2) is 122 Å². The van der Waals surface area contributed by atoms with Crippen molar-refractivity contribution in [3.63, 3.8) is 0 Å². The van der Waals surface area contributed by atoms with E-state index < -0.39 is 12.1 Å². The maximum Gasteiger partial charge on any atom is 0.263 e. The topological polar surface area (TPSA) is 214 Å². The number of unbranched alkanes of at least 4 members (excludes halogenated alkanes) is 2. The molecule has 398 valence electrons. The molecule has 75 heavy (non-hydrogen) atoms. The number of nitrogens with one attached hydrogen (secondary N) is 3. The first-order valence-corrected chi connectivity index (χ1v) is 28.0. The van der Waals surface area contributed by atoms with Gasteiger partial charge in [0.25, 0.3) is 5.56 Å². The molecule has 2 aliphatic heterocycles. The Morgan fingerprint density at radius 3 is 2.36 bits per heavy atom. The average molecular weight is 1040 g/mol. The van der Waals surface area contributed by atoms with Gasteiger partial charge < -0.3 is 35.4 Å². The lowest BCUT2D eigenvalue weighted by atomic mass is 9.83. The summed E-state index contributed by atoms with van der Waals surface area (Å²) in [5.74, 6) is 1.00.